The van der Waals surface area contributed by atoms with E-state index in [-0.39, 0.29) is 16.8 Å². The molecule has 4 fully saturated rings. The molecule has 142 valence electrons. The highest BCUT2D eigenvalue weighted by atomic mass is 79.9. The van der Waals surface area contributed by atoms with Crippen LogP contribution in [0.1, 0.15) is 54.7 Å². The van der Waals surface area contributed by atoms with Gasteiger partial charge in [0.25, 0.3) is 0 Å². The Balaban J connectivity index is 1.56. The average molecular weight is 431 g/mol. The van der Waals surface area contributed by atoms with Crippen molar-refractivity contribution in [3.05, 3.63) is 45.8 Å². The topological polar surface area (TPSA) is 56.5 Å². The predicted octanol–water partition coefficient (Wildman–Crippen LogP) is 4.87. The van der Waals surface area contributed by atoms with Crippen LogP contribution in [0.3, 0.4) is 0 Å². The van der Waals surface area contributed by atoms with Gasteiger partial charge in [0, 0.05) is 11.5 Å². The van der Waals surface area contributed by atoms with E-state index >= 15 is 0 Å². The molecule has 6 rings (SSSR count). The van der Waals surface area contributed by atoms with Crippen molar-refractivity contribution in [3.63, 3.8) is 0 Å². The first-order valence-electron chi connectivity index (χ1n) is 9.77. The Bertz CT molecular complexity index is 941. The molecule has 4 bridgehead atoms. The summed E-state index contributed by atoms with van der Waals surface area (Å²) in [6, 6.07) is 7.10. The Morgan fingerprint density at radius 3 is 2.37 bits per heavy atom. The number of carbonyl (C=O) groups excluding carboxylic acids is 1. The van der Waals surface area contributed by atoms with Crippen LogP contribution in [0.15, 0.2) is 33.5 Å². The van der Waals surface area contributed by atoms with Gasteiger partial charge in [-0.3, -0.25) is 9.59 Å². The van der Waals surface area contributed by atoms with E-state index in [0.29, 0.717) is 16.5 Å². The molecule has 1 aromatic carbocycles. The summed E-state index contributed by atoms with van der Waals surface area (Å²) in [6.45, 7) is 0. The van der Waals surface area contributed by atoms with E-state index in [9.17, 15) is 9.59 Å². The molecule has 4 aliphatic rings. The molecule has 4 saturated carbocycles. The van der Waals surface area contributed by atoms with Gasteiger partial charge in [-0.2, -0.15) is 0 Å². The van der Waals surface area contributed by atoms with E-state index in [1.165, 1.54) is 45.6 Å². The molecule has 1 aromatic heterocycles. The Morgan fingerprint density at radius 2 is 1.78 bits per heavy atom. The fourth-order valence-electron chi connectivity index (χ4n) is 6.24. The first-order chi connectivity index (χ1) is 13.0. The Hall–Kier alpha value is -1.62. The molecule has 0 aliphatic heterocycles. The molecule has 0 amide bonds. The second-order valence-corrected chi connectivity index (χ2v) is 9.73. The lowest BCUT2D eigenvalue weighted by Gasteiger charge is -2.56. The van der Waals surface area contributed by atoms with Crippen molar-refractivity contribution in [2.75, 3.05) is 7.11 Å². The molecule has 4 aliphatic carbocycles. The van der Waals surface area contributed by atoms with Gasteiger partial charge in [-0.1, -0.05) is 22.0 Å². The van der Waals surface area contributed by atoms with Crippen molar-refractivity contribution in [2.24, 2.45) is 17.8 Å². The normalized spacial score (nSPS) is 32.6. The molecule has 1 heterocycles. The van der Waals surface area contributed by atoms with Gasteiger partial charge in [-0.25, -0.2) is 0 Å². The second-order valence-electron chi connectivity index (χ2n) is 8.81. The highest BCUT2D eigenvalue weighted by Gasteiger charge is 2.53. The van der Waals surface area contributed by atoms with Crippen LogP contribution in [0.2, 0.25) is 0 Å². The summed E-state index contributed by atoms with van der Waals surface area (Å²) >= 11 is 3.34. The van der Waals surface area contributed by atoms with Crippen molar-refractivity contribution >= 4 is 32.9 Å². The van der Waals surface area contributed by atoms with Gasteiger partial charge in [0.15, 0.2) is 5.43 Å². The molecule has 1 atom stereocenters. The number of methoxy groups -OCH3 is 1. The number of rotatable bonds is 3. The fourth-order valence-corrected chi connectivity index (χ4v) is 6.72. The van der Waals surface area contributed by atoms with Crippen LogP contribution in [0.4, 0.5) is 0 Å². The molecule has 4 nitrogen and oxygen atoms in total. The van der Waals surface area contributed by atoms with Gasteiger partial charge in [0.05, 0.1) is 12.5 Å². The number of benzene rings is 1. The minimum absolute atomic E-state index is 0.0200. The number of carbonyl (C=O) groups is 1. The Morgan fingerprint density at radius 1 is 1.15 bits per heavy atom. The summed E-state index contributed by atoms with van der Waals surface area (Å²) in [4.78, 5) is 24.1. The molecule has 2 aromatic rings. The van der Waals surface area contributed by atoms with E-state index in [0.717, 1.165) is 23.5 Å². The largest absolute Gasteiger partial charge is 0.468 e. The summed E-state index contributed by atoms with van der Waals surface area (Å²) in [6.07, 6.45) is 7.58. The lowest BCUT2D eigenvalue weighted by Crippen LogP contribution is -2.48. The molecule has 0 saturated heterocycles. The maximum atomic E-state index is 12.9. The lowest BCUT2D eigenvalue weighted by molar-refractivity contribution is -0.139. The quantitative estimate of drug-likeness (QED) is 0.514. The molecule has 0 N–H and O–H groups in total. The monoisotopic (exact) mass is 430 g/mol. The molecule has 27 heavy (non-hydrogen) atoms. The van der Waals surface area contributed by atoms with Crippen molar-refractivity contribution in [1.82, 2.24) is 0 Å². The zero-order valence-corrected chi connectivity index (χ0v) is 17.0. The average Bonchev–Trinajstić information content (AvgIpc) is 2.65. The van der Waals surface area contributed by atoms with Crippen LogP contribution in [0.25, 0.3) is 11.0 Å². The fraction of sp³-hybridized carbons (Fsp3) is 0.545. The van der Waals surface area contributed by atoms with Gasteiger partial charge in [0.1, 0.15) is 16.2 Å². The van der Waals surface area contributed by atoms with E-state index in [2.05, 4.69) is 15.9 Å². The zero-order valence-electron chi connectivity index (χ0n) is 15.4. The SMILES string of the molecule is COC(=O)C(Br)c1ccc2oc(C34CC5CC(CC(C5)C3)C4)cc(=O)c2c1. The number of alkyl halides is 1. The Kier molecular flexibility index (Phi) is 4.01. The predicted molar refractivity (Wildman–Crippen MR) is 106 cm³/mol. The second kappa shape index (κ2) is 6.20. The molecule has 1 unspecified atom stereocenters. The van der Waals surface area contributed by atoms with Crippen LogP contribution >= 0.6 is 15.9 Å². The molecular weight excluding hydrogens is 408 g/mol. The molecule has 0 spiro atoms. The van der Waals surface area contributed by atoms with Crippen molar-refractivity contribution in [3.8, 4) is 0 Å². The summed E-state index contributed by atoms with van der Waals surface area (Å²) in [5.74, 6) is 2.90. The van der Waals surface area contributed by atoms with Crippen molar-refractivity contribution < 1.29 is 13.9 Å². The maximum Gasteiger partial charge on any atom is 0.323 e. The number of esters is 1. The summed E-state index contributed by atoms with van der Waals surface area (Å²) in [5, 5.41) is 0.523. The zero-order chi connectivity index (χ0) is 18.8. The van der Waals surface area contributed by atoms with Gasteiger partial charge in [-0.15, -0.1) is 0 Å². The van der Waals surface area contributed by atoms with E-state index < -0.39 is 4.83 Å². The standard InChI is InChI=1S/C22H23BrO4/c1-26-21(25)20(23)15-2-3-18-16(7-15)17(24)8-19(27-18)22-9-12-4-13(10-22)6-14(5-12)11-22/h2-3,7-8,12-14,20H,4-6,9-11H2,1H3. The summed E-state index contributed by atoms with van der Waals surface area (Å²) in [5.41, 5.74) is 1.35. The number of ether oxygens (including phenoxy) is 1. The van der Waals surface area contributed by atoms with Crippen LogP contribution in [0, 0.1) is 17.8 Å². The third-order valence-electron chi connectivity index (χ3n) is 7.01. The third-order valence-corrected chi connectivity index (χ3v) is 7.92. The number of hydrogen-bond acceptors (Lipinski definition) is 4. The number of hydrogen-bond donors (Lipinski definition) is 0. The first-order valence-corrected chi connectivity index (χ1v) is 10.7. The van der Waals surface area contributed by atoms with E-state index in [1.54, 1.807) is 12.1 Å². The van der Waals surface area contributed by atoms with E-state index in [4.69, 9.17) is 9.15 Å². The minimum Gasteiger partial charge on any atom is -0.468 e. The highest BCUT2D eigenvalue weighted by molar-refractivity contribution is 9.09. The number of fused-ring (bicyclic) bond motifs is 1. The molecule has 5 heteroatoms. The third kappa shape index (κ3) is 2.77. The molecule has 0 radical (unpaired) electrons. The van der Waals surface area contributed by atoms with Gasteiger partial charge >= 0.3 is 5.97 Å². The van der Waals surface area contributed by atoms with E-state index in [1.807, 2.05) is 12.1 Å². The summed E-state index contributed by atoms with van der Waals surface area (Å²) < 4.78 is 11.1. The molecular formula is C22H23BrO4. The van der Waals surface area contributed by atoms with Gasteiger partial charge < -0.3 is 9.15 Å². The minimum atomic E-state index is -0.589. The number of halogens is 1. The van der Waals surface area contributed by atoms with Gasteiger partial charge in [-0.05, 0) is 74.0 Å². The van der Waals surface area contributed by atoms with Crippen LogP contribution in [-0.4, -0.2) is 13.1 Å². The lowest BCUT2D eigenvalue weighted by atomic mass is 9.49. The maximum absolute atomic E-state index is 12.9. The highest BCUT2D eigenvalue weighted by Crippen LogP contribution is 2.60. The first kappa shape index (κ1) is 17.5. The smallest absolute Gasteiger partial charge is 0.323 e. The van der Waals surface area contributed by atoms with Crippen LogP contribution < -0.4 is 5.43 Å². The Labute approximate surface area is 166 Å². The van der Waals surface area contributed by atoms with Crippen LogP contribution in [-0.2, 0) is 14.9 Å². The summed E-state index contributed by atoms with van der Waals surface area (Å²) in [7, 11) is 1.35. The van der Waals surface area contributed by atoms with Crippen LogP contribution in [0.5, 0.6) is 0 Å². The van der Waals surface area contributed by atoms with Crippen molar-refractivity contribution in [1.29, 1.82) is 0 Å². The van der Waals surface area contributed by atoms with Crippen molar-refractivity contribution in [2.45, 2.75) is 48.8 Å². The van der Waals surface area contributed by atoms with Gasteiger partial charge in [0.2, 0.25) is 0 Å².